The third-order valence-electron chi connectivity index (χ3n) is 8.25. The van der Waals surface area contributed by atoms with Crippen molar-refractivity contribution < 1.29 is 0 Å². The first-order valence-electron chi connectivity index (χ1n) is 12.8. The van der Waals surface area contributed by atoms with Crippen LogP contribution >= 0.6 is 0 Å². The van der Waals surface area contributed by atoms with Crippen molar-refractivity contribution in [1.82, 2.24) is 4.57 Å². The Morgan fingerprint density at radius 1 is 0.583 bits per heavy atom. The summed E-state index contributed by atoms with van der Waals surface area (Å²) in [6.45, 7) is 6.95. The SMILES string of the molecule is Cc1cc(C)c(B2c3ccccc3N3c4ccccc4-n4c5ccccc5c5ccc2c3c54)c(C)c1. The zero-order valence-corrected chi connectivity index (χ0v) is 20.7. The van der Waals surface area contributed by atoms with Gasteiger partial charge in [0.15, 0.2) is 0 Å². The lowest BCUT2D eigenvalue weighted by Gasteiger charge is -2.41. The van der Waals surface area contributed by atoms with Gasteiger partial charge >= 0.3 is 0 Å². The van der Waals surface area contributed by atoms with Crippen LogP contribution in [0, 0.1) is 20.8 Å². The van der Waals surface area contributed by atoms with E-state index < -0.39 is 0 Å². The van der Waals surface area contributed by atoms with Crippen LogP contribution in [0.3, 0.4) is 0 Å². The number of hydrogen-bond donors (Lipinski definition) is 0. The largest absolute Gasteiger partial charge is 0.307 e. The highest BCUT2D eigenvalue weighted by Gasteiger charge is 2.41. The maximum absolute atomic E-state index is 2.52. The van der Waals surface area contributed by atoms with E-state index in [1.807, 2.05) is 0 Å². The number of benzene rings is 5. The summed E-state index contributed by atoms with van der Waals surface area (Å²) in [5.41, 5.74) is 15.9. The van der Waals surface area contributed by atoms with Crippen molar-refractivity contribution in [2.45, 2.75) is 20.8 Å². The van der Waals surface area contributed by atoms with Crippen LogP contribution in [0.4, 0.5) is 17.1 Å². The van der Waals surface area contributed by atoms with Crippen molar-refractivity contribution in [3.8, 4) is 5.69 Å². The number of para-hydroxylation sites is 4. The number of anilines is 3. The molecule has 3 heteroatoms. The van der Waals surface area contributed by atoms with Crippen molar-refractivity contribution >= 4 is 62.0 Å². The van der Waals surface area contributed by atoms with Gasteiger partial charge in [0.2, 0.25) is 6.71 Å². The molecule has 3 heterocycles. The van der Waals surface area contributed by atoms with Crippen LogP contribution in [0.5, 0.6) is 0 Å². The van der Waals surface area contributed by atoms with Gasteiger partial charge in [-0.2, -0.15) is 0 Å². The lowest BCUT2D eigenvalue weighted by molar-refractivity contribution is 1.11. The number of rotatable bonds is 1. The summed E-state index contributed by atoms with van der Waals surface area (Å²) < 4.78 is 2.50. The molecule has 0 atom stereocenters. The first-order valence-corrected chi connectivity index (χ1v) is 12.8. The van der Waals surface area contributed by atoms with Gasteiger partial charge in [0, 0.05) is 16.5 Å². The number of fused-ring (bicyclic) bond motifs is 8. The van der Waals surface area contributed by atoms with E-state index >= 15 is 0 Å². The zero-order chi connectivity index (χ0) is 24.1. The molecule has 2 nitrogen and oxygen atoms in total. The van der Waals surface area contributed by atoms with Gasteiger partial charge < -0.3 is 9.47 Å². The summed E-state index contributed by atoms with van der Waals surface area (Å²) in [4.78, 5) is 2.52. The fourth-order valence-corrected chi connectivity index (χ4v) is 7.05. The van der Waals surface area contributed by atoms with Gasteiger partial charge in [-0.3, -0.25) is 0 Å². The number of hydrogen-bond acceptors (Lipinski definition) is 1. The molecule has 0 unspecified atom stereocenters. The van der Waals surface area contributed by atoms with Crippen molar-refractivity contribution in [2.75, 3.05) is 4.90 Å². The van der Waals surface area contributed by atoms with Crippen LogP contribution in [0.25, 0.3) is 27.5 Å². The van der Waals surface area contributed by atoms with E-state index in [9.17, 15) is 0 Å². The Labute approximate surface area is 211 Å². The average molecular weight is 460 g/mol. The number of aryl methyl sites for hydroxylation is 3. The van der Waals surface area contributed by atoms with Crippen LogP contribution in [0.1, 0.15) is 16.7 Å². The molecule has 0 amide bonds. The Hall–Kier alpha value is -4.24. The second-order valence-corrected chi connectivity index (χ2v) is 10.4. The maximum Gasteiger partial charge on any atom is 0.247 e. The molecule has 0 bridgehead atoms. The monoisotopic (exact) mass is 460 g/mol. The standard InChI is InChI=1S/C33H25BN2/c1-20-18-21(2)31(22(3)19-20)34-25-11-5-7-13-28(25)36-30-15-9-8-14-29(30)35-27-12-6-4-10-23(27)24-16-17-26(34)33(36)32(24)35/h4-19H,1-3H3. The molecule has 0 aliphatic carbocycles. The summed E-state index contributed by atoms with van der Waals surface area (Å²) in [5, 5.41) is 2.63. The quantitative estimate of drug-likeness (QED) is 0.260. The predicted molar refractivity (Wildman–Crippen MR) is 154 cm³/mol. The summed E-state index contributed by atoms with van der Waals surface area (Å²) in [6, 6.07) is 36.2. The van der Waals surface area contributed by atoms with E-state index in [4.69, 9.17) is 0 Å². The molecule has 8 rings (SSSR count). The van der Waals surface area contributed by atoms with E-state index in [0.29, 0.717) is 0 Å². The first kappa shape index (κ1) is 20.0. The molecule has 5 aromatic carbocycles. The highest BCUT2D eigenvalue weighted by Crippen LogP contribution is 2.49. The highest BCUT2D eigenvalue weighted by molar-refractivity contribution is 6.98. The van der Waals surface area contributed by atoms with Gasteiger partial charge in [-0.25, -0.2) is 0 Å². The molecule has 6 aromatic rings. The minimum absolute atomic E-state index is 0.189. The van der Waals surface area contributed by atoms with Crippen molar-refractivity contribution in [3.63, 3.8) is 0 Å². The molecule has 0 spiro atoms. The van der Waals surface area contributed by atoms with Gasteiger partial charge in [0.25, 0.3) is 0 Å². The molecule has 0 saturated carbocycles. The molecular formula is C33H25BN2. The normalized spacial score (nSPS) is 13.3. The van der Waals surface area contributed by atoms with Crippen LogP contribution < -0.4 is 21.3 Å². The Kier molecular flexibility index (Phi) is 3.85. The van der Waals surface area contributed by atoms with E-state index in [0.717, 1.165) is 0 Å². The topological polar surface area (TPSA) is 8.17 Å². The molecule has 0 fully saturated rings. The third kappa shape index (κ3) is 2.38. The Bertz CT molecular complexity index is 1870. The number of aromatic nitrogens is 1. The average Bonchev–Trinajstić information content (AvgIpc) is 3.23. The fraction of sp³-hybridized carbons (Fsp3) is 0.0909. The zero-order valence-electron chi connectivity index (χ0n) is 20.7. The van der Waals surface area contributed by atoms with Gasteiger partial charge in [0.05, 0.1) is 28.1 Å². The summed E-state index contributed by atoms with van der Waals surface area (Å²) >= 11 is 0. The van der Waals surface area contributed by atoms with Crippen molar-refractivity contribution in [1.29, 1.82) is 0 Å². The lowest BCUT2D eigenvalue weighted by atomic mass is 9.33. The Morgan fingerprint density at radius 2 is 1.25 bits per heavy atom. The molecule has 0 saturated heterocycles. The van der Waals surface area contributed by atoms with E-state index in [1.165, 1.54) is 77.6 Å². The van der Waals surface area contributed by atoms with Crippen LogP contribution in [0.2, 0.25) is 0 Å². The van der Waals surface area contributed by atoms with Crippen molar-refractivity contribution in [2.24, 2.45) is 0 Å². The van der Waals surface area contributed by atoms with Crippen LogP contribution in [0.15, 0.2) is 97.1 Å². The van der Waals surface area contributed by atoms with E-state index in [-0.39, 0.29) is 6.71 Å². The Balaban J connectivity index is 1.59. The molecule has 0 N–H and O–H groups in total. The minimum Gasteiger partial charge on any atom is -0.307 e. The summed E-state index contributed by atoms with van der Waals surface area (Å²) in [6.07, 6.45) is 0. The third-order valence-corrected chi connectivity index (χ3v) is 8.25. The Morgan fingerprint density at radius 3 is 2.06 bits per heavy atom. The van der Waals surface area contributed by atoms with Gasteiger partial charge in [0.1, 0.15) is 0 Å². The minimum atomic E-state index is 0.189. The number of nitrogens with zero attached hydrogens (tertiary/aromatic N) is 2. The highest BCUT2D eigenvalue weighted by atomic mass is 15.2. The molecule has 36 heavy (non-hydrogen) atoms. The molecule has 1 aromatic heterocycles. The maximum atomic E-state index is 2.52. The van der Waals surface area contributed by atoms with Crippen molar-refractivity contribution in [3.05, 3.63) is 114 Å². The second-order valence-electron chi connectivity index (χ2n) is 10.4. The lowest BCUT2D eigenvalue weighted by Crippen LogP contribution is -2.59. The van der Waals surface area contributed by atoms with Crippen LogP contribution in [-0.2, 0) is 0 Å². The smallest absolute Gasteiger partial charge is 0.247 e. The molecule has 170 valence electrons. The summed E-state index contributed by atoms with van der Waals surface area (Å²) in [5.74, 6) is 0. The van der Waals surface area contributed by atoms with Gasteiger partial charge in [-0.1, -0.05) is 94.9 Å². The first-order chi connectivity index (χ1) is 17.6. The molecule has 0 radical (unpaired) electrons. The second kappa shape index (κ2) is 6.92. The van der Waals surface area contributed by atoms with E-state index in [2.05, 4.69) is 127 Å². The molecule has 2 aliphatic heterocycles. The molecular weight excluding hydrogens is 435 g/mol. The van der Waals surface area contributed by atoms with Gasteiger partial charge in [-0.15, -0.1) is 0 Å². The summed E-state index contributed by atoms with van der Waals surface area (Å²) in [7, 11) is 0. The van der Waals surface area contributed by atoms with Crippen LogP contribution in [-0.4, -0.2) is 11.3 Å². The van der Waals surface area contributed by atoms with Gasteiger partial charge in [-0.05, 0) is 56.0 Å². The van der Waals surface area contributed by atoms with E-state index in [1.54, 1.807) is 0 Å². The fourth-order valence-electron chi connectivity index (χ4n) is 7.05. The predicted octanol–water partition coefficient (Wildman–Crippen LogP) is 6.32. The molecule has 2 aliphatic rings.